The zero-order chi connectivity index (χ0) is 21.8. The zero-order valence-corrected chi connectivity index (χ0v) is 17.9. The van der Waals surface area contributed by atoms with Crippen molar-refractivity contribution in [1.29, 1.82) is 0 Å². The van der Waals surface area contributed by atoms with Crippen LogP contribution in [0.25, 0.3) is 0 Å². The van der Waals surface area contributed by atoms with Gasteiger partial charge in [-0.25, -0.2) is 4.79 Å². The van der Waals surface area contributed by atoms with Crippen LogP contribution in [0.5, 0.6) is 0 Å². The van der Waals surface area contributed by atoms with Crippen molar-refractivity contribution in [3.8, 4) is 0 Å². The Labute approximate surface area is 176 Å². The normalized spacial score (nSPS) is 16.3. The summed E-state index contributed by atoms with van der Waals surface area (Å²) >= 11 is 0. The number of hydrogen-bond acceptors (Lipinski definition) is 4. The second-order valence-electron chi connectivity index (χ2n) is 7.90. The van der Waals surface area contributed by atoms with Gasteiger partial charge in [-0.3, -0.25) is 19.2 Å². The minimum atomic E-state index is -0.667. The van der Waals surface area contributed by atoms with Crippen molar-refractivity contribution in [1.82, 2.24) is 20.0 Å². The third-order valence-electron chi connectivity index (χ3n) is 5.31. The first-order valence-corrected chi connectivity index (χ1v) is 10.3. The van der Waals surface area contributed by atoms with Crippen LogP contribution < -0.4 is 10.6 Å². The van der Waals surface area contributed by atoms with Crippen LogP contribution in [-0.4, -0.2) is 45.1 Å². The number of aromatic nitrogens is 2. The van der Waals surface area contributed by atoms with E-state index < -0.39 is 12.1 Å². The number of carbonyl (C=O) groups is 3. The van der Waals surface area contributed by atoms with Gasteiger partial charge in [-0.2, -0.15) is 5.10 Å². The first-order valence-electron chi connectivity index (χ1n) is 10.3. The quantitative estimate of drug-likeness (QED) is 0.653. The molecule has 2 aromatic rings. The van der Waals surface area contributed by atoms with Crippen molar-refractivity contribution in [3.63, 3.8) is 0 Å². The fraction of sp³-hybridized carbons (Fsp3) is 0.455. The van der Waals surface area contributed by atoms with Crippen LogP contribution >= 0.6 is 0 Å². The van der Waals surface area contributed by atoms with Gasteiger partial charge in [0.15, 0.2) is 0 Å². The van der Waals surface area contributed by atoms with Crippen molar-refractivity contribution >= 4 is 23.5 Å². The standard InChI is InChI=1S/C22H29N5O3/c1-14(2)27-16(4)20(15(3)25-27)24-19(28)11-10-18-21(29)26(22(30)23-18)13-12-17-8-6-5-7-9-17/h5-9,14,18H,10-13H2,1-4H3,(H,23,30)(H,24,28). The molecule has 1 aliphatic heterocycles. The predicted molar refractivity (Wildman–Crippen MR) is 114 cm³/mol. The molecule has 1 unspecified atom stereocenters. The molecule has 2 heterocycles. The minimum absolute atomic E-state index is 0.134. The summed E-state index contributed by atoms with van der Waals surface area (Å²) in [5, 5.41) is 10.1. The molecule has 0 radical (unpaired) electrons. The van der Waals surface area contributed by atoms with Gasteiger partial charge < -0.3 is 10.6 Å². The fourth-order valence-corrected chi connectivity index (χ4v) is 3.69. The molecule has 1 aliphatic rings. The van der Waals surface area contributed by atoms with Crippen molar-refractivity contribution in [2.24, 2.45) is 0 Å². The van der Waals surface area contributed by atoms with Crippen LogP contribution in [0.4, 0.5) is 10.5 Å². The highest BCUT2D eigenvalue weighted by molar-refractivity contribution is 6.04. The smallest absolute Gasteiger partial charge is 0.324 e. The van der Waals surface area contributed by atoms with Gasteiger partial charge in [0, 0.05) is 19.0 Å². The van der Waals surface area contributed by atoms with Crippen LogP contribution in [0.3, 0.4) is 0 Å². The highest BCUT2D eigenvalue weighted by atomic mass is 16.2. The average Bonchev–Trinajstić information content (AvgIpc) is 3.15. The first kappa shape index (κ1) is 21.5. The van der Waals surface area contributed by atoms with Gasteiger partial charge in [0.25, 0.3) is 5.91 Å². The van der Waals surface area contributed by atoms with E-state index in [2.05, 4.69) is 15.7 Å². The molecule has 4 amide bonds. The second-order valence-corrected chi connectivity index (χ2v) is 7.90. The molecule has 0 bridgehead atoms. The Balaban J connectivity index is 1.53. The SMILES string of the molecule is Cc1nn(C(C)C)c(C)c1NC(=O)CCC1NC(=O)N(CCc2ccccc2)C1=O. The highest BCUT2D eigenvalue weighted by Gasteiger charge is 2.37. The van der Waals surface area contributed by atoms with Crippen molar-refractivity contribution < 1.29 is 14.4 Å². The van der Waals surface area contributed by atoms with Crippen molar-refractivity contribution in [3.05, 3.63) is 47.3 Å². The van der Waals surface area contributed by atoms with E-state index in [1.165, 1.54) is 4.90 Å². The van der Waals surface area contributed by atoms with E-state index in [4.69, 9.17) is 0 Å². The maximum Gasteiger partial charge on any atom is 0.324 e. The molecule has 2 N–H and O–H groups in total. The Morgan fingerprint density at radius 2 is 1.90 bits per heavy atom. The lowest BCUT2D eigenvalue weighted by atomic mass is 10.1. The molecule has 30 heavy (non-hydrogen) atoms. The summed E-state index contributed by atoms with van der Waals surface area (Å²) in [6.07, 6.45) is 0.995. The number of nitrogens with zero attached hydrogens (tertiary/aromatic N) is 3. The fourth-order valence-electron chi connectivity index (χ4n) is 3.69. The molecule has 1 saturated heterocycles. The number of amides is 4. The molecule has 3 rings (SSSR count). The van der Waals surface area contributed by atoms with Crippen LogP contribution in [0.2, 0.25) is 0 Å². The van der Waals surface area contributed by atoms with Gasteiger partial charge in [0.05, 0.1) is 17.1 Å². The van der Waals surface area contributed by atoms with Gasteiger partial charge in [0.1, 0.15) is 6.04 Å². The number of nitrogens with one attached hydrogen (secondary N) is 2. The van der Waals surface area contributed by atoms with Gasteiger partial charge in [-0.05, 0) is 46.1 Å². The number of rotatable bonds is 8. The van der Waals surface area contributed by atoms with Crippen molar-refractivity contribution in [2.45, 2.75) is 59.0 Å². The van der Waals surface area contributed by atoms with Crippen LogP contribution in [0.15, 0.2) is 30.3 Å². The molecule has 0 spiro atoms. The summed E-state index contributed by atoms with van der Waals surface area (Å²) in [5.41, 5.74) is 3.42. The number of aryl methyl sites for hydroxylation is 1. The maximum absolute atomic E-state index is 12.6. The summed E-state index contributed by atoms with van der Waals surface area (Å²) in [6.45, 7) is 8.16. The Morgan fingerprint density at radius 3 is 2.53 bits per heavy atom. The molecule has 1 aromatic heterocycles. The number of carbonyl (C=O) groups excluding carboxylic acids is 3. The number of imide groups is 1. The molecule has 8 nitrogen and oxygen atoms in total. The molecule has 1 aromatic carbocycles. The Morgan fingerprint density at radius 1 is 1.20 bits per heavy atom. The van der Waals surface area contributed by atoms with E-state index in [9.17, 15) is 14.4 Å². The monoisotopic (exact) mass is 411 g/mol. The summed E-state index contributed by atoms with van der Waals surface area (Å²) in [4.78, 5) is 38.5. The Bertz CT molecular complexity index is 936. The molecular weight excluding hydrogens is 382 g/mol. The van der Waals surface area contributed by atoms with Crippen molar-refractivity contribution in [2.75, 3.05) is 11.9 Å². The summed E-state index contributed by atoms with van der Waals surface area (Å²) in [6, 6.07) is 8.84. The average molecular weight is 412 g/mol. The van der Waals surface area contributed by atoms with E-state index in [0.717, 1.165) is 17.0 Å². The minimum Gasteiger partial charge on any atom is -0.326 e. The highest BCUT2D eigenvalue weighted by Crippen LogP contribution is 2.23. The van der Waals surface area contributed by atoms with Gasteiger partial charge in [-0.15, -0.1) is 0 Å². The molecule has 0 aliphatic carbocycles. The lowest BCUT2D eigenvalue weighted by Crippen LogP contribution is -2.33. The Hall–Kier alpha value is -3.16. The van der Waals surface area contributed by atoms with E-state index in [1.54, 1.807) is 0 Å². The summed E-state index contributed by atoms with van der Waals surface area (Å²) in [7, 11) is 0. The lowest BCUT2D eigenvalue weighted by Gasteiger charge is -2.13. The topological polar surface area (TPSA) is 96.3 Å². The summed E-state index contributed by atoms with van der Waals surface area (Å²) < 4.78 is 1.87. The molecule has 1 fully saturated rings. The van der Waals surface area contributed by atoms with Gasteiger partial charge >= 0.3 is 6.03 Å². The molecular formula is C22H29N5O3. The third-order valence-corrected chi connectivity index (χ3v) is 5.31. The second kappa shape index (κ2) is 9.11. The molecule has 160 valence electrons. The van der Waals surface area contributed by atoms with Crippen LogP contribution in [0.1, 0.15) is 49.7 Å². The lowest BCUT2D eigenvalue weighted by molar-refractivity contribution is -0.127. The zero-order valence-electron chi connectivity index (χ0n) is 17.9. The van der Waals surface area contributed by atoms with Gasteiger partial charge in [0.2, 0.25) is 5.91 Å². The largest absolute Gasteiger partial charge is 0.326 e. The molecule has 0 saturated carbocycles. The third kappa shape index (κ3) is 4.69. The molecule has 1 atom stereocenters. The van der Waals surface area contributed by atoms with Crippen LogP contribution in [-0.2, 0) is 16.0 Å². The maximum atomic E-state index is 12.6. The van der Waals surface area contributed by atoms with Crippen LogP contribution in [0, 0.1) is 13.8 Å². The number of hydrogen-bond donors (Lipinski definition) is 2. The van der Waals surface area contributed by atoms with Gasteiger partial charge in [-0.1, -0.05) is 30.3 Å². The first-order chi connectivity index (χ1) is 14.3. The summed E-state index contributed by atoms with van der Waals surface area (Å²) in [5.74, 6) is -0.474. The number of anilines is 1. The van der Waals surface area contributed by atoms with E-state index >= 15 is 0 Å². The number of urea groups is 1. The predicted octanol–water partition coefficient (Wildman–Crippen LogP) is 2.96. The van der Waals surface area contributed by atoms with E-state index in [-0.39, 0.29) is 30.7 Å². The number of benzene rings is 1. The van der Waals surface area contributed by atoms with E-state index in [0.29, 0.717) is 18.7 Å². The Kier molecular flexibility index (Phi) is 6.54. The molecule has 8 heteroatoms. The van der Waals surface area contributed by atoms with E-state index in [1.807, 2.05) is 62.7 Å².